The number of pyridine rings is 2. The zero-order valence-corrected chi connectivity index (χ0v) is 45.4. The van der Waals surface area contributed by atoms with Crippen molar-refractivity contribution in [2.45, 2.75) is 76.9 Å². The van der Waals surface area contributed by atoms with Crippen LogP contribution in [0.4, 0.5) is 5.69 Å². The molecule has 416 valence electrons. The third-order valence-electron chi connectivity index (χ3n) is 15.2. The summed E-state index contributed by atoms with van der Waals surface area (Å²) in [5, 5.41) is 13.9. The Kier molecular flexibility index (Phi) is 15.7. The number of ether oxygens (including phenoxy) is 3. The van der Waals surface area contributed by atoms with Gasteiger partial charge in [0.25, 0.3) is 23.4 Å². The Hall–Kier alpha value is -10.4. The number of fused-ring (bicyclic) bond motifs is 2. The quantitative estimate of drug-likeness (QED) is 0.0113. The zero-order valence-electron chi connectivity index (χ0n) is 45.4. The number of amides is 3. The van der Waals surface area contributed by atoms with Crippen molar-refractivity contribution in [3.05, 3.63) is 259 Å². The molecule has 7 aromatic rings. The molecule has 0 radical (unpaired) electrons. The second-order valence-corrected chi connectivity index (χ2v) is 21.7. The van der Waals surface area contributed by atoms with E-state index in [4.69, 9.17) is 19.7 Å². The Morgan fingerprint density at radius 1 is 0.602 bits per heavy atom. The lowest BCUT2D eigenvalue weighted by molar-refractivity contribution is -0.384. The van der Waals surface area contributed by atoms with Gasteiger partial charge >= 0.3 is 17.9 Å². The summed E-state index contributed by atoms with van der Waals surface area (Å²) >= 11 is 0. The number of benzene rings is 5. The Morgan fingerprint density at radius 2 is 0.988 bits per heavy atom. The van der Waals surface area contributed by atoms with Gasteiger partial charge in [-0.15, -0.1) is 0 Å². The van der Waals surface area contributed by atoms with E-state index in [-0.39, 0.29) is 46.5 Å². The maximum absolute atomic E-state index is 13.8. The van der Waals surface area contributed by atoms with Crippen molar-refractivity contribution in [2.75, 3.05) is 0 Å². The lowest BCUT2D eigenvalue weighted by atomic mass is 9.83. The molecule has 6 heterocycles. The standard InChI is InChI=1S/C35H29N3O7.C29H25N5O4/c1-35(2)20-29-28(19-25-14-13-24(21-36-25)33(40)44-27-17-15-26(16-18-27)38(42)43)32(39)37(29)31(35)34(41)45-30(22-9-5-3-6-10-22)23-11-7-4-8-12-23;1-29(2)16-23-22(15-21-14-13-20(17-31-21)26(35)32-33-30)27(36)34(23)25(29)28(37)38-24(18-9-5-3-6-10-18)19-11-7-4-8-12-19/h3-19,21,29-31H,20H2,1-2H3;3-15,17,23-25H,16H2,1-2H3/b28-19+;22-15+/t29?,31-;23?,25-/m00/s1. The first-order valence-electron chi connectivity index (χ1n) is 26.6. The number of rotatable bonds is 14. The zero-order chi connectivity index (χ0) is 58.6. The molecule has 19 heteroatoms. The van der Waals surface area contributed by atoms with Gasteiger partial charge in [-0.2, -0.15) is 0 Å². The number of azide groups is 1. The SMILES string of the molecule is CC1(C)CC2/C(=C\c3ccc(C(=O)N=[N+]=[N-])cn3)C(=O)N2[C@H]1C(=O)OC(c1ccccc1)c1ccccc1.CC1(C)CC2/C(=C\c3ccc(C(=O)Oc4ccc([N+](=O)[O-])cc4)cn3)C(=O)N2[C@H]1C(=O)OC(c1ccccc1)c1ccccc1. The third kappa shape index (κ3) is 11.6. The Labute approximate surface area is 476 Å². The molecular formula is C64H54N8O11. The highest BCUT2D eigenvalue weighted by atomic mass is 16.6. The second-order valence-electron chi connectivity index (χ2n) is 21.7. The molecule has 4 atom stereocenters. The van der Waals surface area contributed by atoms with Gasteiger partial charge in [0.2, 0.25) is 0 Å². The third-order valence-corrected chi connectivity index (χ3v) is 15.2. The van der Waals surface area contributed by atoms with E-state index in [9.17, 15) is 38.9 Å². The number of hydrogen-bond donors (Lipinski definition) is 0. The largest absolute Gasteiger partial charge is 0.451 e. The molecule has 0 N–H and O–H groups in total. The van der Waals surface area contributed by atoms with E-state index in [1.54, 1.807) is 34.1 Å². The van der Waals surface area contributed by atoms with Crippen molar-refractivity contribution in [1.29, 1.82) is 0 Å². The summed E-state index contributed by atoms with van der Waals surface area (Å²) in [6.45, 7) is 7.87. The molecule has 4 fully saturated rings. The van der Waals surface area contributed by atoms with Gasteiger partial charge in [0, 0.05) is 46.1 Å². The maximum atomic E-state index is 13.8. The lowest BCUT2D eigenvalue weighted by Gasteiger charge is -2.41. The first-order valence-corrected chi connectivity index (χ1v) is 26.6. The molecule has 19 nitrogen and oxygen atoms in total. The normalized spacial score (nSPS) is 19.7. The van der Waals surface area contributed by atoms with Gasteiger partial charge < -0.3 is 24.0 Å². The molecule has 4 aliphatic rings. The summed E-state index contributed by atoms with van der Waals surface area (Å²) in [5.41, 5.74) is 13.0. The number of nitro groups is 1. The first-order chi connectivity index (χ1) is 39.9. The van der Waals surface area contributed by atoms with Crippen molar-refractivity contribution in [3.8, 4) is 5.75 Å². The van der Waals surface area contributed by atoms with Gasteiger partial charge in [-0.05, 0) is 105 Å². The molecule has 0 bridgehead atoms. The highest BCUT2D eigenvalue weighted by Gasteiger charge is 2.62. The molecule has 5 aromatic carbocycles. The van der Waals surface area contributed by atoms with E-state index in [0.29, 0.717) is 35.4 Å². The van der Waals surface area contributed by atoms with Gasteiger partial charge in [-0.3, -0.25) is 34.5 Å². The molecule has 2 unspecified atom stereocenters. The van der Waals surface area contributed by atoms with Crippen molar-refractivity contribution < 1.29 is 47.9 Å². The van der Waals surface area contributed by atoms with E-state index in [0.717, 1.165) is 22.3 Å². The van der Waals surface area contributed by atoms with Crippen LogP contribution in [-0.4, -0.2) is 84.5 Å². The van der Waals surface area contributed by atoms with Crippen LogP contribution in [0.3, 0.4) is 0 Å². The van der Waals surface area contributed by atoms with E-state index >= 15 is 0 Å². The molecule has 0 spiro atoms. The van der Waals surface area contributed by atoms with Gasteiger partial charge in [0.05, 0.1) is 34.0 Å². The summed E-state index contributed by atoms with van der Waals surface area (Å²) in [7, 11) is 0. The van der Waals surface area contributed by atoms with Crippen molar-refractivity contribution in [2.24, 2.45) is 15.9 Å². The lowest BCUT2D eigenvalue weighted by Crippen LogP contribution is -2.58. The van der Waals surface area contributed by atoms with Crippen LogP contribution in [0.25, 0.3) is 22.6 Å². The molecule has 83 heavy (non-hydrogen) atoms. The highest BCUT2D eigenvalue weighted by molar-refractivity contribution is 6.09. The van der Waals surface area contributed by atoms with E-state index in [1.807, 2.05) is 149 Å². The first kappa shape index (κ1) is 55.9. The molecule has 0 saturated carbocycles. The van der Waals surface area contributed by atoms with Crippen LogP contribution in [-0.2, 0) is 28.7 Å². The number of nitrogens with zero attached hydrogens (tertiary/aromatic N) is 8. The average Bonchev–Trinajstić information content (AvgIpc) is 1.74. The topological polar surface area (TPSA) is 254 Å². The molecule has 0 aliphatic carbocycles. The number of carbonyl (C=O) groups is 6. The minimum Gasteiger partial charge on any atom is -0.451 e. The van der Waals surface area contributed by atoms with Crippen molar-refractivity contribution in [3.63, 3.8) is 0 Å². The fourth-order valence-corrected chi connectivity index (χ4v) is 11.2. The highest BCUT2D eigenvalue weighted by Crippen LogP contribution is 2.52. The Morgan fingerprint density at radius 3 is 1.34 bits per heavy atom. The van der Waals surface area contributed by atoms with Crippen molar-refractivity contribution in [1.82, 2.24) is 19.8 Å². The van der Waals surface area contributed by atoms with E-state index < -0.39 is 63.9 Å². The Balaban J connectivity index is 0.000000188. The molecular weight excluding hydrogens is 1060 g/mol. The molecule has 4 aliphatic heterocycles. The maximum Gasteiger partial charge on any atom is 0.345 e. The molecule has 11 rings (SSSR count). The number of hydrogen-bond acceptors (Lipinski definition) is 13. The van der Waals surface area contributed by atoms with Crippen molar-refractivity contribution >= 4 is 53.5 Å². The van der Waals surface area contributed by atoms with Gasteiger partial charge in [0.1, 0.15) is 17.8 Å². The average molecular weight is 1110 g/mol. The minimum absolute atomic E-state index is 0.115. The van der Waals surface area contributed by atoms with Crippen LogP contribution in [0.15, 0.2) is 199 Å². The number of esters is 3. The van der Waals surface area contributed by atoms with Crippen LogP contribution in [0.1, 0.15) is 107 Å². The monoisotopic (exact) mass is 1110 g/mol. The summed E-state index contributed by atoms with van der Waals surface area (Å²) < 4.78 is 17.6. The predicted octanol–water partition coefficient (Wildman–Crippen LogP) is 11.2. The number of non-ortho nitro benzene ring substituents is 1. The number of β-lactam (4-membered cyclic amide) rings is 2. The molecule has 4 saturated heterocycles. The summed E-state index contributed by atoms with van der Waals surface area (Å²) in [4.78, 5) is 103. The van der Waals surface area contributed by atoms with Crippen LogP contribution < -0.4 is 4.74 Å². The van der Waals surface area contributed by atoms with Gasteiger partial charge in [-0.1, -0.05) is 149 Å². The Bertz CT molecular complexity index is 3660. The molecule has 3 amide bonds. The number of carbonyl (C=O) groups excluding carboxylic acids is 6. The predicted molar refractivity (Wildman–Crippen MR) is 303 cm³/mol. The van der Waals surface area contributed by atoms with E-state index in [1.165, 1.54) is 48.8 Å². The van der Waals surface area contributed by atoms with Gasteiger partial charge in [0.15, 0.2) is 12.2 Å². The number of nitro benzene ring substituents is 1. The number of aromatic nitrogens is 2. The summed E-state index contributed by atoms with van der Waals surface area (Å²) in [6, 6.07) is 47.5. The summed E-state index contributed by atoms with van der Waals surface area (Å²) in [6.07, 6.45) is 5.95. The summed E-state index contributed by atoms with van der Waals surface area (Å²) in [5.74, 6) is -2.64. The second kappa shape index (κ2) is 23.4. The fourth-order valence-electron chi connectivity index (χ4n) is 11.2. The molecule has 2 aromatic heterocycles. The van der Waals surface area contributed by atoms with Crippen LogP contribution in [0.2, 0.25) is 0 Å². The van der Waals surface area contributed by atoms with Crippen LogP contribution in [0, 0.1) is 20.9 Å². The van der Waals surface area contributed by atoms with Crippen LogP contribution >= 0.6 is 0 Å². The van der Waals surface area contributed by atoms with E-state index in [2.05, 4.69) is 20.0 Å². The van der Waals surface area contributed by atoms with Crippen LogP contribution in [0.5, 0.6) is 5.75 Å². The minimum atomic E-state index is -0.758. The fraction of sp³-hybridized carbons (Fsp3) is 0.219. The van der Waals surface area contributed by atoms with Gasteiger partial charge in [-0.25, -0.2) is 14.4 Å². The smallest absolute Gasteiger partial charge is 0.345 e.